The first-order valence-electron chi connectivity index (χ1n) is 10.6. The number of ketones is 2. The lowest BCUT2D eigenvalue weighted by Crippen LogP contribution is -2.64. The van der Waals surface area contributed by atoms with Gasteiger partial charge in [0.15, 0.2) is 5.78 Å². The minimum absolute atomic E-state index is 0.0679. The van der Waals surface area contributed by atoms with Crippen LogP contribution in [0.15, 0.2) is 23.8 Å². The van der Waals surface area contributed by atoms with Crippen molar-refractivity contribution in [3.05, 3.63) is 23.8 Å². The monoisotopic (exact) mass is 370 g/mol. The average molecular weight is 371 g/mol. The molecule has 3 fully saturated rings. The van der Waals surface area contributed by atoms with Crippen LogP contribution in [0.1, 0.15) is 67.2 Å². The number of Topliss-reactive ketones (excluding diaryl/α,β-unsaturated/α-hetero) is 1. The second kappa shape index (κ2) is 5.43. The van der Waals surface area contributed by atoms with Gasteiger partial charge in [0, 0.05) is 16.2 Å². The van der Waals surface area contributed by atoms with Crippen LogP contribution in [0.5, 0.6) is 0 Å². The van der Waals surface area contributed by atoms with Crippen molar-refractivity contribution in [2.45, 2.75) is 73.3 Å². The number of hydrogen-bond donors (Lipinski definition) is 1. The Morgan fingerprint density at radius 3 is 2.48 bits per heavy atom. The van der Waals surface area contributed by atoms with Crippen LogP contribution in [0.3, 0.4) is 0 Å². The molecule has 1 N–H and O–H groups in total. The Hall–Kier alpha value is -1.22. The summed E-state index contributed by atoms with van der Waals surface area (Å²) in [5.41, 5.74) is 0.0310. The van der Waals surface area contributed by atoms with Gasteiger partial charge in [-0.1, -0.05) is 46.3 Å². The van der Waals surface area contributed by atoms with Crippen molar-refractivity contribution in [1.29, 1.82) is 0 Å². The number of allylic oxidation sites excluding steroid dienone is 4. The van der Waals surface area contributed by atoms with Crippen LogP contribution in [0.2, 0.25) is 0 Å². The zero-order valence-corrected chi connectivity index (χ0v) is 17.6. The first-order chi connectivity index (χ1) is 12.4. The van der Waals surface area contributed by atoms with Crippen molar-refractivity contribution in [2.75, 3.05) is 0 Å². The van der Waals surface area contributed by atoms with Crippen LogP contribution in [0.4, 0.5) is 0 Å². The molecule has 4 aliphatic carbocycles. The predicted molar refractivity (Wildman–Crippen MR) is 106 cm³/mol. The van der Waals surface area contributed by atoms with Crippen molar-refractivity contribution < 1.29 is 14.7 Å². The van der Waals surface area contributed by atoms with Crippen molar-refractivity contribution in [2.24, 2.45) is 39.4 Å². The maximum absolute atomic E-state index is 12.8. The summed E-state index contributed by atoms with van der Waals surface area (Å²) < 4.78 is 0. The van der Waals surface area contributed by atoms with Crippen LogP contribution in [0.25, 0.3) is 0 Å². The lowest BCUT2D eigenvalue weighted by Gasteiger charge is -2.66. The summed E-state index contributed by atoms with van der Waals surface area (Å²) >= 11 is 0. The van der Waals surface area contributed by atoms with Crippen LogP contribution >= 0.6 is 0 Å². The minimum atomic E-state index is -0.487. The number of rotatable bonds is 1. The summed E-state index contributed by atoms with van der Waals surface area (Å²) in [4.78, 5) is 24.8. The van der Waals surface area contributed by atoms with Crippen molar-refractivity contribution in [1.82, 2.24) is 0 Å². The molecular formula is C24H34O3. The fourth-order valence-electron chi connectivity index (χ4n) is 7.95. The summed E-state index contributed by atoms with van der Waals surface area (Å²) in [6.07, 6.45) is 8.69. The van der Waals surface area contributed by atoms with Gasteiger partial charge in [-0.25, -0.2) is 0 Å². The predicted octanol–water partition coefficient (Wildman–Crippen LogP) is 4.50. The van der Waals surface area contributed by atoms with E-state index in [-0.39, 0.29) is 33.2 Å². The highest BCUT2D eigenvalue weighted by molar-refractivity contribution is 6.01. The molecule has 0 aromatic carbocycles. The van der Waals surface area contributed by atoms with Gasteiger partial charge in [0.1, 0.15) is 5.78 Å². The third-order valence-corrected chi connectivity index (χ3v) is 10.3. The van der Waals surface area contributed by atoms with E-state index in [2.05, 4.69) is 40.7 Å². The quantitative estimate of drug-likeness (QED) is 0.739. The molecule has 4 rings (SSSR count). The summed E-state index contributed by atoms with van der Waals surface area (Å²) in [6, 6.07) is 0. The second-order valence-electron chi connectivity index (χ2n) is 10.7. The summed E-state index contributed by atoms with van der Waals surface area (Å²) in [7, 11) is 0. The second-order valence-corrected chi connectivity index (χ2v) is 10.7. The number of aliphatic hydroxyl groups excluding tert-OH is 1. The van der Waals surface area contributed by atoms with Gasteiger partial charge in [0.2, 0.25) is 0 Å². The van der Waals surface area contributed by atoms with Gasteiger partial charge in [-0.05, 0) is 67.9 Å². The number of aliphatic hydroxyl groups is 1. The van der Waals surface area contributed by atoms with Gasteiger partial charge < -0.3 is 5.11 Å². The van der Waals surface area contributed by atoms with E-state index in [1.165, 1.54) is 5.57 Å². The van der Waals surface area contributed by atoms with E-state index >= 15 is 0 Å². The van der Waals surface area contributed by atoms with Crippen molar-refractivity contribution >= 4 is 11.6 Å². The largest absolute Gasteiger partial charge is 0.392 e. The normalized spacial score (nSPS) is 54.0. The Labute approximate surface area is 163 Å². The molecule has 148 valence electrons. The van der Waals surface area contributed by atoms with Crippen molar-refractivity contribution in [3.63, 3.8) is 0 Å². The van der Waals surface area contributed by atoms with E-state index in [0.29, 0.717) is 24.2 Å². The molecule has 0 saturated heterocycles. The van der Waals surface area contributed by atoms with Crippen LogP contribution in [-0.4, -0.2) is 22.8 Å². The van der Waals surface area contributed by atoms with Crippen molar-refractivity contribution in [3.8, 4) is 0 Å². The molecule has 3 nitrogen and oxygen atoms in total. The highest BCUT2D eigenvalue weighted by Gasteiger charge is 2.71. The maximum atomic E-state index is 12.8. The Bertz CT molecular complexity index is 778. The molecule has 8 atom stereocenters. The lowest BCUT2D eigenvalue weighted by atomic mass is 9.39. The molecule has 0 amide bonds. The van der Waals surface area contributed by atoms with Gasteiger partial charge in [-0.2, -0.15) is 0 Å². The molecule has 3 saturated carbocycles. The van der Waals surface area contributed by atoms with E-state index in [4.69, 9.17) is 0 Å². The molecule has 0 spiro atoms. The first-order valence-corrected chi connectivity index (χ1v) is 10.6. The first kappa shape index (κ1) is 19.1. The molecule has 0 aromatic heterocycles. The molecule has 0 bridgehead atoms. The molecule has 4 aliphatic rings. The molecular weight excluding hydrogens is 336 g/mol. The highest BCUT2D eigenvalue weighted by atomic mass is 16.3. The fourth-order valence-corrected chi connectivity index (χ4v) is 7.95. The number of fused-ring (bicyclic) bond motifs is 5. The molecule has 3 heteroatoms. The third kappa shape index (κ3) is 1.97. The third-order valence-electron chi connectivity index (χ3n) is 10.3. The van der Waals surface area contributed by atoms with Crippen LogP contribution in [-0.2, 0) is 9.59 Å². The molecule has 5 unspecified atom stereocenters. The number of carbonyl (C=O) groups is 2. The van der Waals surface area contributed by atoms with Gasteiger partial charge in [0.05, 0.1) is 6.10 Å². The average Bonchev–Trinajstić information content (AvgIpc) is 2.79. The Kier molecular flexibility index (Phi) is 3.85. The Balaban J connectivity index is 1.85. The van der Waals surface area contributed by atoms with E-state index in [1.807, 2.05) is 0 Å². The summed E-state index contributed by atoms with van der Waals surface area (Å²) in [5.74, 6) is 1.45. The SMILES string of the molecule is CC(=O)[C@@]1(C)C(C)CC2C3CCC4=CC(=O)C=CC4(C)[C@@]3(C)[C@@H](O)CC21C. The molecule has 27 heavy (non-hydrogen) atoms. The fraction of sp³-hybridized carbons (Fsp3) is 0.750. The zero-order valence-electron chi connectivity index (χ0n) is 17.6. The molecule has 0 aromatic rings. The summed E-state index contributed by atoms with van der Waals surface area (Å²) in [6.45, 7) is 12.8. The molecule has 0 heterocycles. The van der Waals surface area contributed by atoms with Gasteiger partial charge in [0.25, 0.3) is 0 Å². The van der Waals surface area contributed by atoms with E-state index < -0.39 is 6.10 Å². The van der Waals surface area contributed by atoms with E-state index in [1.54, 1.807) is 19.1 Å². The standard InChI is InChI=1S/C24H34O3/c1-14-11-19-18-8-7-16-12-17(26)9-10-21(16,3)24(18,6)20(27)13-22(19,4)23(14,5)15(2)25/h9-10,12,14,18-20,27H,7-8,11,13H2,1-6H3/t14?,18?,19?,20-,21?,22?,23+,24+/m0/s1. The Morgan fingerprint density at radius 2 is 1.85 bits per heavy atom. The topological polar surface area (TPSA) is 54.4 Å². The van der Waals surface area contributed by atoms with Crippen LogP contribution in [0, 0.1) is 39.4 Å². The smallest absolute Gasteiger partial charge is 0.178 e. The number of carbonyl (C=O) groups excluding carboxylic acids is 2. The highest BCUT2D eigenvalue weighted by Crippen LogP contribution is 2.74. The van der Waals surface area contributed by atoms with E-state index in [0.717, 1.165) is 19.3 Å². The lowest BCUT2D eigenvalue weighted by molar-refractivity contribution is -0.189. The maximum Gasteiger partial charge on any atom is 0.178 e. The van der Waals surface area contributed by atoms with Gasteiger partial charge in [-0.3, -0.25) is 9.59 Å². The van der Waals surface area contributed by atoms with Gasteiger partial charge >= 0.3 is 0 Å². The zero-order chi connectivity index (χ0) is 20.0. The van der Waals surface area contributed by atoms with E-state index in [9.17, 15) is 14.7 Å². The van der Waals surface area contributed by atoms with Gasteiger partial charge in [-0.15, -0.1) is 0 Å². The summed E-state index contributed by atoms with van der Waals surface area (Å²) in [5, 5.41) is 11.6. The Morgan fingerprint density at radius 1 is 1.19 bits per heavy atom. The number of hydrogen-bond acceptors (Lipinski definition) is 3. The molecule has 0 radical (unpaired) electrons. The molecule has 0 aliphatic heterocycles. The minimum Gasteiger partial charge on any atom is -0.392 e. The van der Waals surface area contributed by atoms with Crippen LogP contribution < -0.4 is 0 Å².